The number of nitriles is 2. The van der Waals surface area contributed by atoms with Gasteiger partial charge < -0.3 is 15.2 Å². The molecular formula is C30H41N3O2S2. The van der Waals surface area contributed by atoms with Crippen LogP contribution in [0.5, 0.6) is 11.5 Å². The van der Waals surface area contributed by atoms with Gasteiger partial charge in [0.1, 0.15) is 23.3 Å². The van der Waals surface area contributed by atoms with Crippen molar-refractivity contribution in [1.82, 2.24) is 0 Å². The molecule has 0 aliphatic heterocycles. The molecule has 7 heteroatoms. The number of ether oxygens (including phenoxy) is 2. The standard InChI is InChI=1S/C30H41N3O2S2/c1-4-7-9-11-15-19-34-27-23(21-31)24(22-32)28(35-20-16-12-10-8-5-2)30(29(27)36-6-3)37-26-18-14-13-17-25(26)33/h13-14,17-18H,4-12,15-16,19-20,33H2,1-3H3. The van der Waals surface area contributed by atoms with E-state index in [0.717, 1.165) is 46.1 Å². The fourth-order valence-corrected chi connectivity index (χ4v) is 6.06. The number of para-hydroxylation sites is 1. The van der Waals surface area contributed by atoms with Gasteiger partial charge in [-0.2, -0.15) is 10.5 Å². The van der Waals surface area contributed by atoms with E-state index in [2.05, 4.69) is 32.9 Å². The van der Waals surface area contributed by atoms with E-state index in [0.29, 0.717) is 30.4 Å². The lowest BCUT2D eigenvalue weighted by Crippen LogP contribution is -2.08. The van der Waals surface area contributed by atoms with Crippen LogP contribution in [0.3, 0.4) is 0 Å². The Morgan fingerprint density at radius 3 is 1.73 bits per heavy atom. The minimum Gasteiger partial charge on any atom is -0.491 e. The molecule has 0 unspecified atom stereocenters. The summed E-state index contributed by atoms with van der Waals surface area (Å²) in [6.45, 7) is 7.47. The van der Waals surface area contributed by atoms with Crippen LogP contribution in [0.4, 0.5) is 5.69 Å². The normalized spacial score (nSPS) is 10.6. The van der Waals surface area contributed by atoms with Crippen molar-refractivity contribution < 1.29 is 9.47 Å². The molecule has 0 radical (unpaired) electrons. The van der Waals surface area contributed by atoms with E-state index in [4.69, 9.17) is 15.2 Å². The highest BCUT2D eigenvalue weighted by atomic mass is 32.2. The minimum absolute atomic E-state index is 0.245. The molecule has 0 amide bonds. The monoisotopic (exact) mass is 539 g/mol. The van der Waals surface area contributed by atoms with Crippen LogP contribution in [0, 0.1) is 22.7 Å². The van der Waals surface area contributed by atoms with Crippen LogP contribution >= 0.6 is 23.5 Å². The molecule has 0 aliphatic carbocycles. The van der Waals surface area contributed by atoms with Gasteiger partial charge in [-0.25, -0.2) is 0 Å². The first kappa shape index (κ1) is 30.7. The number of anilines is 1. The average Bonchev–Trinajstić information content (AvgIpc) is 2.91. The first-order chi connectivity index (χ1) is 18.1. The smallest absolute Gasteiger partial charge is 0.153 e. The molecule has 2 rings (SSSR count). The second-order valence-electron chi connectivity index (χ2n) is 8.89. The molecule has 0 aromatic heterocycles. The molecule has 0 atom stereocenters. The molecule has 0 fully saturated rings. The van der Waals surface area contributed by atoms with Crippen LogP contribution in [0.2, 0.25) is 0 Å². The first-order valence-corrected chi connectivity index (χ1v) is 15.4. The highest BCUT2D eigenvalue weighted by molar-refractivity contribution is 8.02. The van der Waals surface area contributed by atoms with Crippen molar-refractivity contribution in [2.75, 3.05) is 24.7 Å². The molecule has 0 heterocycles. The molecule has 2 aromatic carbocycles. The predicted molar refractivity (Wildman–Crippen MR) is 156 cm³/mol. The lowest BCUT2D eigenvalue weighted by molar-refractivity contribution is 0.282. The van der Waals surface area contributed by atoms with Crippen molar-refractivity contribution in [3.63, 3.8) is 0 Å². The fourth-order valence-electron chi connectivity index (χ4n) is 3.96. The molecule has 2 aromatic rings. The molecule has 0 saturated carbocycles. The number of nitrogens with zero attached hydrogens (tertiary/aromatic N) is 2. The van der Waals surface area contributed by atoms with E-state index in [-0.39, 0.29) is 11.1 Å². The van der Waals surface area contributed by atoms with Crippen LogP contribution in [0.15, 0.2) is 39.0 Å². The predicted octanol–water partition coefficient (Wildman–Crippen LogP) is 8.97. The largest absolute Gasteiger partial charge is 0.491 e. The van der Waals surface area contributed by atoms with E-state index < -0.39 is 0 Å². The summed E-state index contributed by atoms with van der Waals surface area (Å²) in [6.07, 6.45) is 11.1. The molecule has 0 spiro atoms. The van der Waals surface area contributed by atoms with E-state index in [9.17, 15) is 10.5 Å². The van der Waals surface area contributed by atoms with Gasteiger partial charge in [-0.3, -0.25) is 0 Å². The highest BCUT2D eigenvalue weighted by Crippen LogP contribution is 2.51. The quantitative estimate of drug-likeness (QED) is 0.115. The maximum atomic E-state index is 10.2. The summed E-state index contributed by atoms with van der Waals surface area (Å²) in [5.41, 5.74) is 7.46. The van der Waals surface area contributed by atoms with Gasteiger partial charge in [0, 0.05) is 10.6 Å². The van der Waals surface area contributed by atoms with Gasteiger partial charge in [0.15, 0.2) is 11.5 Å². The maximum absolute atomic E-state index is 10.2. The molecule has 2 N–H and O–H groups in total. The van der Waals surface area contributed by atoms with Gasteiger partial charge in [0.25, 0.3) is 0 Å². The Hall–Kier alpha value is -2.48. The Balaban J connectivity index is 2.51. The fraction of sp³-hybridized carbons (Fsp3) is 0.533. The van der Waals surface area contributed by atoms with Crippen LogP contribution < -0.4 is 15.2 Å². The summed E-state index contributed by atoms with van der Waals surface area (Å²) >= 11 is 3.09. The third-order valence-corrected chi connectivity index (χ3v) is 8.24. The third-order valence-electron chi connectivity index (χ3n) is 5.95. The van der Waals surface area contributed by atoms with E-state index in [1.54, 1.807) is 11.8 Å². The maximum Gasteiger partial charge on any atom is 0.153 e. The SMILES string of the molecule is CCCCCCCOc1c(C#N)c(C#N)c(OCCCCCCC)c(Sc2ccccc2N)c1SCC. The highest BCUT2D eigenvalue weighted by Gasteiger charge is 2.28. The molecule has 37 heavy (non-hydrogen) atoms. The first-order valence-electron chi connectivity index (χ1n) is 13.6. The van der Waals surface area contributed by atoms with Gasteiger partial charge in [-0.05, 0) is 30.7 Å². The topological polar surface area (TPSA) is 92.1 Å². The summed E-state index contributed by atoms with van der Waals surface area (Å²) < 4.78 is 12.6. The number of unbranched alkanes of at least 4 members (excludes halogenated alkanes) is 8. The zero-order valence-electron chi connectivity index (χ0n) is 22.6. The summed E-state index contributed by atoms with van der Waals surface area (Å²) in [7, 11) is 0. The van der Waals surface area contributed by atoms with Crippen molar-refractivity contribution in [3.05, 3.63) is 35.4 Å². The van der Waals surface area contributed by atoms with Gasteiger partial charge in [0.05, 0.1) is 23.0 Å². The third kappa shape index (κ3) is 9.40. The second kappa shape index (κ2) is 17.9. The average molecular weight is 540 g/mol. The molecule has 5 nitrogen and oxygen atoms in total. The lowest BCUT2D eigenvalue weighted by atomic mass is 10.1. The van der Waals surface area contributed by atoms with Crippen molar-refractivity contribution >= 4 is 29.2 Å². The number of hydrogen-bond acceptors (Lipinski definition) is 7. The number of thioether (sulfide) groups is 1. The Labute approximate surface area is 232 Å². The lowest BCUT2D eigenvalue weighted by Gasteiger charge is -2.22. The van der Waals surface area contributed by atoms with Crippen molar-refractivity contribution in [3.8, 4) is 23.6 Å². The van der Waals surface area contributed by atoms with E-state index in [1.807, 2.05) is 24.3 Å². The Morgan fingerprint density at radius 2 is 1.24 bits per heavy atom. The Bertz CT molecular complexity index is 1060. The van der Waals surface area contributed by atoms with Crippen LogP contribution in [-0.4, -0.2) is 19.0 Å². The molecular weight excluding hydrogens is 498 g/mol. The summed E-state index contributed by atoms with van der Waals surface area (Å²) in [6, 6.07) is 12.2. The molecule has 0 saturated heterocycles. The van der Waals surface area contributed by atoms with Crippen LogP contribution in [0.1, 0.15) is 96.1 Å². The number of nitrogens with two attached hydrogens (primary N) is 1. The van der Waals surface area contributed by atoms with Gasteiger partial charge in [0.2, 0.25) is 0 Å². The minimum atomic E-state index is 0.245. The summed E-state index contributed by atoms with van der Waals surface area (Å²) in [5, 5.41) is 20.3. The van der Waals surface area contributed by atoms with Gasteiger partial charge in [-0.15, -0.1) is 11.8 Å². The number of rotatable bonds is 18. The molecule has 200 valence electrons. The Kier molecular flexibility index (Phi) is 14.9. The van der Waals surface area contributed by atoms with Crippen molar-refractivity contribution in [2.24, 2.45) is 0 Å². The number of hydrogen-bond donors (Lipinski definition) is 1. The summed E-state index contributed by atoms with van der Waals surface area (Å²) in [4.78, 5) is 2.53. The van der Waals surface area contributed by atoms with Crippen LogP contribution in [-0.2, 0) is 0 Å². The molecule has 0 bridgehead atoms. The Morgan fingerprint density at radius 1 is 0.730 bits per heavy atom. The van der Waals surface area contributed by atoms with Crippen molar-refractivity contribution in [2.45, 2.75) is 99.7 Å². The number of nitrogen functional groups attached to an aromatic ring is 1. The number of benzene rings is 2. The van der Waals surface area contributed by atoms with Gasteiger partial charge >= 0.3 is 0 Å². The van der Waals surface area contributed by atoms with E-state index >= 15 is 0 Å². The summed E-state index contributed by atoms with van der Waals surface area (Å²) in [5.74, 6) is 1.75. The van der Waals surface area contributed by atoms with Crippen molar-refractivity contribution in [1.29, 1.82) is 10.5 Å². The second-order valence-corrected chi connectivity index (χ2v) is 11.2. The zero-order chi connectivity index (χ0) is 26.9. The van der Waals surface area contributed by atoms with Crippen LogP contribution in [0.25, 0.3) is 0 Å². The molecule has 0 aliphatic rings. The zero-order valence-corrected chi connectivity index (χ0v) is 24.2. The van der Waals surface area contributed by atoms with Gasteiger partial charge in [-0.1, -0.05) is 96.0 Å². The van der Waals surface area contributed by atoms with E-state index in [1.165, 1.54) is 50.3 Å².